The quantitative estimate of drug-likeness (QED) is 0.508. The third-order valence-corrected chi connectivity index (χ3v) is 2.14. The van der Waals surface area contributed by atoms with Crippen LogP contribution in [0.15, 0.2) is 0 Å². The largest absolute Gasteiger partial charge is 0.377 e. The summed E-state index contributed by atoms with van der Waals surface area (Å²) in [7, 11) is 0. The molecule has 2 aliphatic rings. The molecule has 2 saturated heterocycles. The van der Waals surface area contributed by atoms with E-state index in [1.165, 1.54) is 0 Å². The fraction of sp³-hybridized carbons (Fsp3) is 1.00. The third kappa shape index (κ3) is 1.17. The normalized spacial score (nSPS) is 40.8. The molecule has 0 aromatic rings. The standard InChI is InChI=1S/C7H13NO2/c1-3-10-7-5-9-4-2-8-6(1)7/h6-8H,1-5H2. The maximum absolute atomic E-state index is 5.45. The van der Waals surface area contributed by atoms with Gasteiger partial charge in [0.2, 0.25) is 0 Å². The molecule has 2 unspecified atom stereocenters. The Bertz CT molecular complexity index is 106. The Morgan fingerprint density at radius 2 is 2.30 bits per heavy atom. The summed E-state index contributed by atoms with van der Waals surface area (Å²) in [6.07, 6.45) is 1.47. The molecule has 2 atom stereocenters. The van der Waals surface area contributed by atoms with Gasteiger partial charge in [0, 0.05) is 19.2 Å². The van der Waals surface area contributed by atoms with Crippen molar-refractivity contribution in [3.05, 3.63) is 0 Å². The van der Waals surface area contributed by atoms with Crippen molar-refractivity contribution in [3.63, 3.8) is 0 Å². The molecule has 3 heteroatoms. The number of fused-ring (bicyclic) bond motifs is 1. The number of hydrogen-bond donors (Lipinski definition) is 1. The molecule has 0 saturated carbocycles. The van der Waals surface area contributed by atoms with E-state index in [2.05, 4.69) is 5.32 Å². The molecule has 0 amide bonds. The molecule has 0 spiro atoms. The summed E-state index contributed by atoms with van der Waals surface area (Å²) in [5.74, 6) is 0. The second kappa shape index (κ2) is 2.86. The molecule has 10 heavy (non-hydrogen) atoms. The number of ether oxygens (including phenoxy) is 2. The van der Waals surface area contributed by atoms with Crippen LogP contribution >= 0.6 is 0 Å². The van der Waals surface area contributed by atoms with Gasteiger partial charge < -0.3 is 14.8 Å². The summed E-state index contributed by atoms with van der Waals surface area (Å²) < 4.78 is 10.8. The van der Waals surface area contributed by atoms with E-state index in [9.17, 15) is 0 Å². The Balaban J connectivity index is 1.95. The lowest BCUT2D eigenvalue weighted by molar-refractivity contribution is 0.0259. The number of hydrogen-bond acceptors (Lipinski definition) is 3. The van der Waals surface area contributed by atoms with E-state index >= 15 is 0 Å². The van der Waals surface area contributed by atoms with Gasteiger partial charge in [0.15, 0.2) is 0 Å². The maximum atomic E-state index is 5.45. The summed E-state index contributed by atoms with van der Waals surface area (Å²) in [5.41, 5.74) is 0. The fourth-order valence-electron chi connectivity index (χ4n) is 1.56. The monoisotopic (exact) mass is 143 g/mol. The Hall–Kier alpha value is -0.120. The zero-order chi connectivity index (χ0) is 6.81. The SMILES string of the molecule is C1COCC2OCCC2N1. The summed E-state index contributed by atoms with van der Waals surface area (Å²) in [5, 5.41) is 3.39. The predicted molar refractivity (Wildman–Crippen MR) is 37.0 cm³/mol. The van der Waals surface area contributed by atoms with Gasteiger partial charge in [-0.2, -0.15) is 0 Å². The van der Waals surface area contributed by atoms with Crippen LogP contribution in [0.1, 0.15) is 6.42 Å². The molecule has 0 radical (unpaired) electrons. The van der Waals surface area contributed by atoms with E-state index in [1.807, 2.05) is 0 Å². The first kappa shape index (κ1) is 6.58. The minimum atomic E-state index is 0.322. The highest BCUT2D eigenvalue weighted by Crippen LogP contribution is 2.14. The number of rotatable bonds is 0. The molecule has 2 aliphatic heterocycles. The molecular formula is C7H13NO2. The first-order valence-electron chi connectivity index (χ1n) is 3.89. The first-order chi connectivity index (χ1) is 4.97. The van der Waals surface area contributed by atoms with Gasteiger partial charge in [0.25, 0.3) is 0 Å². The van der Waals surface area contributed by atoms with Gasteiger partial charge in [-0.25, -0.2) is 0 Å². The van der Waals surface area contributed by atoms with E-state index in [4.69, 9.17) is 9.47 Å². The number of nitrogens with one attached hydrogen (secondary N) is 1. The van der Waals surface area contributed by atoms with E-state index < -0.39 is 0 Å². The smallest absolute Gasteiger partial charge is 0.0961 e. The Morgan fingerprint density at radius 3 is 3.30 bits per heavy atom. The van der Waals surface area contributed by atoms with Crippen LogP contribution in [0.3, 0.4) is 0 Å². The molecule has 0 aromatic heterocycles. The van der Waals surface area contributed by atoms with Crippen LogP contribution in [-0.2, 0) is 9.47 Å². The average molecular weight is 143 g/mol. The van der Waals surface area contributed by atoms with Crippen LogP contribution in [-0.4, -0.2) is 38.5 Å². The van der Waals surface area contributed by atoms with Crippen LogP contribution in [0.2, 0.25) is 0 Å². The van der Waals surface area contributed by atoms with Crippen LogP contribution in [0, 0.1) is 0 Å². The highest BCUT2D eigenvalue weighted by Gasteiger charge is 2.29. The summed E-state index contributed by atoms with van der Waals surface area (Å²) in [6.45, 7) is 3.48. The second-order valence-corrected chi connectivity index (χ2v) is 2.83. The van der Waals surface area contributed by atoms with Gasteiger partial charge in [-0.15, -0.1) is 0 Å². The van der Waals surface area contributed by atoms with Crippen molar-refractivity contribution in [2.75, 3.05) is 26.4 Å². The van der Waals surface area contributed by atoms with E-state index in [1.54, 1.807) is 0 Å². The first-order valence-corrected chi connectivity index (χ1v) is 3.89. The van der Waals surface area contributed by atoms with Gasteiger partial charge in [0.05, 0.1) is 19.3 Å². The fourth-order valence-corrected chi connectivity index (χ4v) is 1.56. The van der Waals surface area contributed by atoms with E-state index in [0.29, 0.717) is 12.1 Å². The molecule has 58 valence electrons. The minimum absolute atomic E-state index is 0.322. The molecule has 1 N–H and O–H groups in total. The van der Waals surface area contributed by atoms with Gasteiger partial charge in [-0.05, 0) is 6.42 Å². The molecular weight excluding hydrogens is 130 g/mol. The van der Waals surface area contributed by atoms with Crippen LogP contribution in [0.25, 0.3) is 0 Å². The van der Waals surface area contributed by atoms with Crippen molar-refractivity contribution < 1.29 is 9.47 Å². The molecule has 2 fully saturated rings. The Kier molecular flexibility index (Phi) is 1.88. The van der Waals surface area contributed by atoms with Crippen molar-refractivity contribution in [1.82, 2.24) is 5.32 Å². The topological polar surface area (TPSA) is 30.5 Å². The summed E-state index contributed by atoms with van der Waals surface area (Å²) >= 11 is 0. The van der Waals surface area contributed by atoms with Crippen molar-refractivity contribution >= 4 is 0 Å². The van der Waals surface area contributed by atoms with Crippen molar-refractivity contribution in [2.24, 2.45) is 0 Å². The lowest BCUT2D eigenvalue weighted by atomic mass is 10.1. The van der Waals surface area contributed by atoms with Gasteiger partial charge in [-0.1, -0.05) is 0 Å². The molecule has 3 nitrogen and oxygen atoms in total. The Labute approximate surface area is 60.7 Å². The predicted octanol–water partition coefficient (Wildman–Crippen LogP) is -0.236. The molecule has 2 heterocycles. The van der Waals surface area contributed by atoms with E-state index in [-0.39, 0.29) is 0 Å². The van der Waals surface area contributed by atoms with Crippen LogP contribution in [0.5, 0.6) is 0 Å². The summed E-state index contributed by atoms with van der Waals surface area (Å²) in [4.78, 5) is 0. The maximum Gasteiger partial charge on any atom is 0.0961 e. The molecule has 0 aromatic carbocycles. The zero-order valence-electron chi connectivity index (χ0n) is 6.01. The zero-order valence-corrected chi connectivity index (χ0v) is 6.01. The third-order valence-electron chi connectivity index (χ3n) is 2.14. The van der Waals surface area contributed by atoms with Crippen molar-refractivity contribution in [3.8, 4) is 0 Å². The van der Waals surface area contributed by atoms with Crippen LogP contribution in [0.4, 0.5) is 0 Å². The molecule has 0 aliphatic carbocycles. The highest BCUT2D eigenvalue weighted by molar-refractivity contribution is 4.83. The molecule has 0 bridgehead atoms. The van der Waals surface area contributed by atoms with Crippen molar-refractivity contribution in [1.29, 1.82) is 0 Å². The molecule has 2 rings (SSSR count). The second-order valence-electron chi connectivity index (χ2n) is 2.83. The van der Waals surface area contributed by atoms with Crippen molar-refractivity contribution in [2.45, 2.75) is 18.6 Å². The lowest BCUT2D eigenvalue weighted by Crippen LogP contribution is -2.36. The average Bonchev–Trinajstić information content (AvgIpc) is 2.28. The van der Waals surface area contributed by atoms with Gasteiger partial charge in [-0.3, -0.25) is 0 Å². The van der Waals surface area contributed by atoms with Gasteiger partial charge >= 0.3 is 0 Å². The van der Waals surface area contributed by atoms with Crippen LogP contribution < -0.4 is 5.32 Å². The van der Waals surface area contributed by atoms with E-state index in [0.717, 1.165) is 32.8 Å². The minimum Gasteiger partial charge on any atom is -0.377 e. The lowest BCUT2D eigenvalue weighted by Gasteiger charge is -2.13. The van der Waals surface area contributed by atoms with Gasteiger partial charge in [0.1, 0.15) is 0 Å². The Morgan fingerprint density at radius 1 is 1.30 bits per heavy atom. The highest BCUT2D eigenvalue weighted by atomic mass is 16.5. The summed E-state index contributed by atoms with van der Waals surface area (Å²) in [6, 6.07) is 0.558.